The molecule has 2 unspecified atom stereocenters. The van der Waals surface area contributed by atoms with Crippen molar-refractivity contribution >= 4 is 6.08 Å². The van der Waals surface area contributed by atoms with Gasteiger partial charge in [-0.05, 0) is 17.5 Å². The predicted octanol–water partition coefficient (Wildman–Crippen LogP) is 7.79. The summed E-state index contributed by atoms with van der Waals surface area (Å²) in [5.41, 5.74) is 2.81. The molecule has 144 valence electrons. The Morgan fingerprint density at radius 3 is 2.00 bits per heavy atom. The molecule has 1 heterocycles. The molecule has 0 spiro atoms. The topological polar surface area (TPSA) is 12.5 Å². The summed E-state index contributed by atoms with van der Waals surface area (Å²) in [5, 5.41) is 0. The summed E-state index contributed by atoms with van der Waals surface area (Å²) in [5.74, 6) is 0. The van der Waals surface area contributed by atoms with Gasteiger partial charge in [0.15, 0.2) is 0 Å². The molecule has 1 saturated heterocycles. The lowest BCUT2D eigenvalue weighted by molar-refractivity contribution is 0.281. The predicted molar refractivity (Wildman–Crippen MR) is 112 cm³/mol. The monoisotopic (exact) mass is 354 g/mol. The Kier molecular flexibility index (Phi) is 7.80. The van der Waals surface area contributed by atoms with E-state index in [1.165, 1.54) is 101 Å². The van der Waals surface area contributed by atoms with Crippen LogP contribution in [-0.2, 0) is 10.3 Å². The van der Waals surface area contributed by atoms with Gasteiger partial charge in [0.2, 0.25) is 0 Å². The summed E-state index contributed by atoms with van der Waals surface area (Å²) in [6.45, 7) is 2.29. The molecule has 1 aromatic carbocycles. The number of hydrogen-bond donors (Lipinski definition) is 0. The number of ether oxygens (including phenoxy) is 1. The Hall–Kier alpha value is -1.08. The van der Waals surface area contributed by atoms with Crippen molar-refractivity contribution in [1.82, 2.24) is 0 Å². The maximum absolute atomic E-state index is 6.11. The number of unbranched alkanes of at least 4 members (excludes halogenated alkanes) is 12. The summed E-state index contributed by atoms with van der Waals surface area (Å²) in [6, 6.07) is 8.77. The molecule has 0 amide bonds. The molecule has 3 rings (SSSR count). The molecule has 1 aliphatic heterocycles. The molecule has 0 N–H and O–H groups in total. The Balaban J connectivity index is 1.20. The van der Waals surface area contributed by atoms with Crippen LogP contribution in [0.3, 0.4) is 0 Å². The van der Waals surface area contributed by atoms with Crippen LogP contribution in [0.5, 0.6) is 0 Å². The maximum Gasteiger partial charge on any atom is 0.124 e. The first-order valence-electron chi connectivity index (χ1n) is 11.3. The molecule has 0 aromatic heterocycles. The highest BCUT2D eigenvalue weighted by Gasteiger charge is 2.57. The fraction of sp³-hybridized carbons (Fsp3) is 0.680. The molecular formula is C25H38O. The molecule has 0 radical (unpaired) electrons. The second kappa shape index (κ2) is 10.3. The highest BCUT2D eigenvalue weighted by molar-refractivity contribution is 5.62. The zero-order valence-corrected chi connectivity index (χ0v) is 16.8. The molecule has 1 aliphatic carbocycles. The molecule has 2 atom stereocenters. The minimum absolute atomic E-state index is 0.0309. The molecule has 1 fully saturated rings. The van der Waals surface area contributed by atoms with Crippen LogP contribution in [0, 0.1) is 0 Å². The van der Waals surface area contributed by atoms with Gasteiger partial charge in [-0.25, -0.2) is 0 Å². The average Bonchev–Trinajstić information content (AvgIpc) is 3.41. The minimum atomic E-state index is 0.0309. The number of fused-ring (bicyclic) bond motifs is 3. The van der Waals surface area contributed by atoms with Crippen LogP contribution >= 0.6 is 0 Å². The van der Waals surface area contributed by atoms with Gasteiger partial charge >= 0.3 is 0 Å². The summed E-state index contributed by atoms with van der Waals surface area (Å²) in [7, 11) is 0. The van der Waals surface area contributed by atoms with E-state index >= 15 is 0 Å². The van der Waals surface area contributed by atoms with Gasteiger partial charge < -0.3 is 4.74 Å². The third-order valence-electron chi connectivity index (χ3n) is 6.26. The van der Waals surface area contributed by atoms with Gasteiger partial charge in [0.25, 0.3) is 0 Å². The van der Waals surface area contributed by atoms with Crippen LogP contribution in [0.15, 0.2) is 30.3 Å². The summed E-state index contributed by atoms with van der Waals surface area (Å²) >= 11 is 0. The zero-order valence-electron chi connectivity index (χ0n) is 16.8. The van der Waals surface area contributed by atoms with Crippen molar-refractivity contribution in [3.8, 4) is 0 Å². The van der Waals surface area contributed by atoms with E-state index in [0.717, 1.165) is 0 Å². The Morgan fingerprint density at radius 2 is 1.35 bits per heavy atom. The van der Waals surface area contributed by atoms with Crippen LogP contribution in [0.25, 0.3) is 6.08 Å². The van der Waals surface area contributed by atoms with Crippen molar-refractivity contribution in [2.24, 2.45) is 0 Å². The standard InChI is InChI=1S/C25H38O/c1-2-3-4-5-6-7-8-9-10-11-12-13-16-21-25-23-18-15-14-17-22(23)19-20-24(25)26-25/h14-15,17-20,24H,2-13,16,21H2,1H3. The van der Waals surface area contributed by atoms with Crippen molar-refractivity contribution in [2.75, 3.05) is 0 Å². The maximum atomic E-state index is 6.11. The van der Waals surface area contributed by atoms with Gasteiger partial charge in [-0.1, -0.05) is 127 Å². The van der Waals surface area contributed by atoms with Crippen molar-refractivity contribution in [3.63, 3.8) is 0 Å². The fourth-order valence-corrected chi connectivity index (χ4v) is 4.56. The quantitative estimate of drug-likeness (QED) is 0.245. The SMILES string of the molecule is CCCCCCCCCCCCCCCC12OC1C=Cc1ccccc12. The number of rotatable bonds is 14. The Labute approximate surface area is 161 Å². The first kappa shape index (κ1) is 19.7. The van der Waals surface area contributed by atoms with Gasteiger partial charge in [0, 0.05) is 0 Å². The number of epoxide rings is 1. The van der Waals surface area contributed by atoms with Gasteiger partial charge in [-0.3, -0.25) is 0 Å². The van der Waals surface area contributed by atoms with E-state index in [1.807, 2.05) is 0 Å². The first-order chi connectivity index (χ1) is 12.9. The molecule has 0 saturated carbocycles. The second-order valence-corrected chi connectivity index (χ2v) is 8.37. The first-order valence-corrected chi connectivity index (χ1v) is 11.3. The van der Waals surface area contributed by atoms with Gasteiger partial charge in [0.1, 0.15) is 11.7 Å². The summed E-state index contributed by atoms with van der Waals surface area (Å²) < 4.78 is 6.11. The highest BCUT2D eigenvalue weighted by Crippen LogP contribution is 2.54. The molecule has 2 aliphatic rings. The molecule has 26 heavy (non-hydrogen) atoms. The van der Waals surface area contributed by atoms with Crippen molar-refractivity contribution in [2.45, 2.75) is 109 Å². The summed E-state index contributed by atoms with van der Waals surface area (Å²) in [4.78, 5) is 0. The van der Waals surface area contributed by atoms with E-state index in [9.17, 15) is 0 Å². The minimum Gasteiger partial charge on any atom is -0.356 e. The second-order valence-electron chi connectivity index (χ2n) is 8.37. The fourth-order valence-electron chi connectivity index (χ4n) is 4.56. The molecular weight excluding hydrogens is 316 g/mol. The lowest BCUT2D eigenvalue weighted by Gasteiger charge is -2.18. The van der Waals surface area contributed by atoms with E-state index in [-0.39, 0.29) is 5.60 Å². The van der Waals surface area contributed by atoms with E-state index in [1.54, 1.807) is 0 Å². The Morgan fingerprint density at radius 1 is 0.769 bits per heavy atom. The van der Waals surface area contributed by atoms with E-state index in [0.29, 0.717) is 6.10 Å². The molecule has 1 nitrogen and oxygen atoms in total. The lowest BCUT2D eigenvalue weighted by Crippen LogP contribution is -2.16. The largest absolute Gasteiger partial charge is 0.356 e. The molecule has 1 aromatic rings. The van der Waals surface area contributed by atoms with E-state index < -0.39 is 0 Å². The normalized spacial score (nSPS) is 22.9. The van der Waals surface area contributed by atoms with Gasteiger partial charge in [-0.2, -0.15) is 0 Å². The van der Waals surface area contributed by atoms with Crippen molar-refractivity contribution < 1.29 is 4.74 Å². The van der Waals surface area contributed by atoms with E-state index in [4.69, 9.17) is 4.74 Å². The summed E-state index contributed by atoms with van der Waals surface area (Å²) in [6.07, 6.45) is 24.4. The number of hydrogen-bond acceptors (Lipinski definition) is 1. The van der Waals surface area contributed by atoms with Crippen molar-refractivity contribution in [3.05, 3.63) is 41.5 Å². The van der Waals surface area contributed by atoms with Crippen molar-refractivity contribution in [1.29, 1.82) is 0 Å². The smallest absolute Gasteiger partial charge is 0.124 e. The highest BCUT2D eigenvalue weighted by atomic mass is 16.6. The van der Waals surface area contributed by atoms with E-state index in [2.05, 4.69) is 43.3 Å². The van der Waals surface area contributed by atoms with Crippen LogP contribution in [0.2, 0.25) is 0 Å². The molecule has 0 bridgehead atoms. The molecule has 1 heteroatoms. The zero-order chi connectivity index (χ0) is 18.1. The third kappa shape index (κ3) is 5.22. The lowest BCUT2D eigenvalue weighted by atomic mass is 9.83. The van der Waals surface area contributed by atoms with Crippen LogP contribution in [0.1, 0.15) is 108 Å². The Bertz CT molecular complexity index is 561. The van der Waals surface area contributed by atoms with Gasteiger partial charge in [-0.15, -0.1) is 0 Å². The van der Waals surface area contributed by atoms with Crippen LogP contribution < -0.4 is 0 Å². The average molecular weight is 355 g/mol. The number of benzene rings is 1. The van der Waals surface area contributed by atoms with Gasteiger partial charge in [0.05, 0.1) is 0 Å². The van der Waals surface area contributed by atoms with Crippen LogP contribution in [0.4, 0.5) is 0 Å². The van der Waals surface area contributed by atoms with Crippen LogP contribution in [-0.4, -0.2) is 6.10 Å². The third-order valence-corrected chi connectivity index (χ3v) is 6.26.